The molecule has 1 aliphatic rings. The maximum atomic E-state index is 12.8. The Balaban J connectivity index is 2.11. The minimum atomic E-state index is -4.37. The van der Waals surface area contributed by atoms with Crippen LogP contribution < -0.4 is 5.32 Å². The minimum Gasteiger partial charge on any atom is -0.480 e. The predicted molar refractivity (Wildman–Crippen MR) is 62.7 cm³/mol. The largest absolute Gasteiger partial charge is 0.480 e. The van der Waals surface area contributed by atoms with Gasteiger partial charge in [0.05, 0.1) is 5.56 Å². The summed E-state index contributed by atoms with van der Waals surface area (Å²) in [5.41, 5.74) is -0.401. The average molecular weight is 273 g/mol. The predicted octanol–water partition coefficient (Wildman–Crippen LogP) is 2.31. The molecule has 1 aromatic rings. The van der Waals surface area contributed by atoms with Crippen LogP contribution in [-0.4, -0.2) is 23.7 Å². The molecule has 2 N–H and O–H groups in total. The van der Waals surface area contributed by atoms with Crippen molar-refractivity contribution in [2.75, 3.05) is 6.54 Å². The summed E-state index contributed by atoms with van der Waals surface area (Å²) in [6, 6.07) is 4.80. The van der Waals surface area contributed by atoms with Gasteiger partial charge >= 0.3 is 12.1 Å². The van der Waals surface area contributed by atoms with Gasteiger partial charge < -0.3 is 10.4 Å². The van der Waals surface area contributed by atoms with Gasteiger partial charge in [0.15, 0.2) is 0 Å². The normalized spacial score (nSPS) is 23.5. The van der Waals surface area contributed by atoms with Crippen molar-refractivity contribution in [3.8, 4) is 0 Å². The number of nitrogens with one attached hydrogen (secondary N) is 1. The Bertz CT molecular complexity index is 473. The summed E-state index contributed by atoms with van der Waals surface area (Å²) in [6.07, 6.45) is -3.76. The number of rotatable bonds is 3. The summed E-state index contributed by atoms with van der Waals surface area (Å²) in [6.45, 7) is 0.434. The molecule has 1 saturated heterocycles. The first-order valence-corrected chi connectivity index (χ1v) is 5.99. The highest BCUT2D eigenvalue weighted by molar-refractivity contribution is 5.73. The molecule has 1 aliphatic heterocycles. The third-order valence-corrected chi connectivity index (χ3v) is 3.35. The van der Waals surface area contributed by atoms with Gasteiger partial charge in [-0.05, 0) is 36.9 Å². The van der Waals surface area contributed by atoms with E-state index in [4.69, 9.17) is 5.11 Å². The molecule has 0 amide bonds. The maximum Gasteiger partial charge on any atom is 0.416 e. The monoisotopic (exact) mass is 273 g/mol. The van der Waals surface area contributed by atoms with Crippen LogP contribution in [0, 0.1) is 5.92 Å². The van der Waals surface area contributed by atoms with Crippen molar-refractivity contribution in [2.45, 2.75) is 25.1 Å². The second-order valence-electron chi connectivity index (χ2n) is 4.76. The van der Waals surface area contributed by atoms with Crippen molar-refractivity contribution in [3.05, 3.63) is 35.4 Å². The van der Waals surface area contributed by atoms with Crippen LogP contribution in [0.4, 0.5) is 13.2 Å². The third-order valence-electron chi connectivity index (χ3n) is 3.35. The molecule has 19 heavy (non-hydrogen) atoms. The quantitative estimate of drug-likeness (QED) is 0.888. The Morgan fingerprint density at radius 3 is 2.63 bits per heavy atom. The van der Waals surface area contributed by atoms with Gasteiger partial charge in [-0.1, -0.05) is 18.2 Å². The molecule has 0 aliphatic carbocycles. The first-order valence-electron chi connectivity index (χ1n) is 5.99. The Labute approximate surface area is 108 Å². The fraction of sp³-hybridized carbons (Fsp3) is 0.462. The van der Waals surface area contributed by atoms with Crippen LogP contribution in [0.15, 0.2) is 24.3 Å². The number of aliphatic carboxylic acids is 1. The second-order valence-corrected chi connectivity index (χ2v) is 4.76. The first-order chi connectivity index (χ1) is 8.88. The molecule has 0 bridgehead atoms. The van der Waals surface area contributed by atoms with Crippen LogP contribution in [0.25, 0.3) is 0 Å². The molecular formula is C13H14F3NO2. The van der Waals surface area contributed by atoms with Gasteiger partial charge in [-0.2, -0.15) is 13.2 Å². The lowest BCUT2D eigenvalue weighted by molar-refractivity contribution is -0.139. The van der Waals surface area contributed by atoms with Crippen LogP contribution in [0.2, 0.25) is 0 Å². The molecule has 0 saturated carbocycles. The fourth-order valence-corrected chi connectivity index (χ4v) is 2.44. The zero-order chi connectivity index (χ0) is 14.0. The van der Waals surface area contributed by atoms with Gasteiger partial charge in [-0.25, -0.2) is 0 Å². The topological polar surface area (TPSA) is 49.3 Å². The number of carboxylic acid groups (broad SMARTS) is 1. The molecule has 1 aromatic carbocycles. The maximum absolute atomic E-state index is 12.8. The van der Waals surface area contributed by atoms with Gasteiger partial charge in [0.1, 0.15) is 6.04 Å². The van der Waals surface area contributed by atoms with Crippen molar-refractivity contribution in [2.24, 2.45) is 5.92 Å². The Kier molecular flexibility index (Phi) is 3.80. The molecule has 3 nitrogen and oxygen atoms in total. The number of carbonyl (C=O) groups is 1. The smallest absolute Gasteiger partial charge is 0.416 e. The Morgan fingerprint density at radius 2 is 2.05 bits per heavy atom. The highest BCUT2D eigenvalue weighted by atomic mass is 19.4. The van der Waals surface area contributed by atoms with E-state index in [-0.39, 0.29) is 17.9 Å². The van der Waals surface area contributed by atoms with Crippen LogP contribution in [0.1, 0.15) is 17.5 Å². The summed E-state index contributed by atoms with van der Waals surface area (Å²) in [7, 11) is 0. The Morgan fingerprint density at radius 1 is 1.37 bits per heavy atom. The van der Waals surface area contributed by atoms with Crippen LogP contribution in [-0.2, 0) is 17.4 Å². The fourth-order valence-electron chi connectivity index (χ4n) is 2.44. The van der Waals surface area contributed by atoms with E-state index in [0.29, 0.717) is 13.0 Å². The van der Waals surface area contributed by atoms with E-state index in [1.54, 1.807) is 6.07 Å². The SMILES string of the molecule is O=C(O)[C@@H]1CC(Cc2ccccc2C(F)(F)F)CN1. The van der Waals surface area contributed by atoms with Crippen molar-refractivity contribution < 1.29 is 23.1 Å². The molecule has 0 aromatic heterocycles. The highest BCUT2D eigenvalue weighted by Gasteiger charge is 2.35. The van der Waals surface area contributed by atoms with Crippen LogP contribution >= 0.6 is 0 Å². The lowest BCUT2D eigenvalue weighted by Crippen LogP contribution is -2.29. The second kappa shape index (κ2) is 5.21. The summed E-state index contributed by atoms with van der Waals surface area (Å²) in [5, 5.41) is 11.6. The summed E-state index contributed by atoms with van der Waals surface area (Å²) < 4.78 is 38.5. The summed E-state index contributed by atoms with van der Waals surface area (Å²) in [4.78, 5) is 10.8. The van der Waals surface area contributed by atoms with Crippen molar-refractivity contribution in [1.29, 1.82) is 0 Å². The molecule has 1 fully saturated rings. The minimum absolute atomic E-state index is 0.0791. The molecule has 2 atom stereocenters. The molecule has 0 spiro atoms. The molecule has 1 unspecified atom stereocenters. The Hall–Kier alpha value is -1.56. The summed E-state index contributed by atoms with van der Waals surface area (Å²) in [5.74, 6) is -1.03. The number of hydrogen-bond acceptors (Lipinski definition) is 2. The molecule has 6 heteroatoms. The lowest BCUT2D eigenvalue weighted by Gasteiger charge is -2.15. The molecule has 0 radical (unpaired) electrons. The van der Waals surface area contributed by atoms with Crippen LogP contribution in [0.3, 0.4) is 0 Å². The standard InChI is InChI=1S/C13H14F3NO2/c14-13(15,16)10-4-2-1-3-9(10)5-8-6-11(12(18)19)17-7-8/h1-4,8,11,17H,5-7H2,(H,18,19)/t8?,11-/m0/s1. The molecular weight excluding hydrogens is 259 g/mol. The number of alkyl halides is 3. The van der Waals surface area contributed by atoms with Crippen molar-refractivity contribution >= 4 is 5.97 Å². The van der Waals surface area contributed by atoms with Crippen LogP contribution in [0.5, 0.6) is 0 Å². The van der Waals surface area contributed by atoms with Crippen molar-refractivity contribution in [1.82, 2.24) is 5.32 Å². The van der Waals surface area contributed by atoms with Gasteiger partial charge in [-0.3, -0.25) is 4.79 Å². The van der Waals surface area contributed by atoms with E-state index in [1.165, 1.54) is 12.1 Å². The molecule has 2 rings (SSSR count). The zero-order valence-electron chi connectivity index (χ0n) is 10.1. The van der Waals surface area contributed by atoms with E-state index < -0.39 is 23.8 Å². The number of halogens is 3. The van der Waals surface area contributed by atoms with Gasteiger partial charge in [0.2, 0.25) is 0 Å². The average Bonchev–Trinajstić information content (AvgIpc) is 2.77. The van der Waals surface area contributed by atoms with E-state index in [2.05, 4.69) is 5.32 Å². The van der Waals surface area contributed by atoms with E-state index in [0.717, 1.165) is 6.07 Å². The zero-order valence-corrected chi connectivity index (χ0v) is 10.1. The van der Waals surface area contributed by atoms with Gasteiger partial charge in [0.25, 0.3) is 0 Å². The van der Waals surface area contributed by atoms with E-state index >= 15 is 0 Å². The van der Waals surface area contributed by atoms with Crippen molar-refractivity contribution in [3.63, 3.8) is 0 Å². The van der Waals surface area contributed by atoms with E-state index in [9.17, 15) is 18.0 Å². The molecule has 104 valence electrons. The van der Waals surface area contributed by atoms with E-state index in [1.807, 2.05) is 0 Å². The molecule has 1 heterocycles. The number of carboxylic acids is 1. The third kappa shape index (κ3) is 3.26. The van der Waals surface area contributed by atoms with Gasteiger partial charge in [0, 0.05) is 0 Å². The number of hydrogen-bond donors (Lipinski definition) is 2. The highest BCUT2D eigenvalue weighted by Crippen LogP contribution is 2.33. The lowest BCUT2D eigenvalue weighted by atomic mass is 9.93. The van der Waals surface area contributed by atoms with Gasteiger partial charge in [-0.15, -0.1) is 0 Å². The summed E-state index contributed by atoms with van der Waals surface area (Å²) >= 11 is 0. The number of benzene rings is 1. The first kappa shape index (κ1) is 13.9.